The molecule has 0 saturated heterocycles. The molecule has 0 amide bonds. The van der Waals surface area contributed by atoms with Crippen LogP contribution in [0.2, 0.25) is 0 Å². The Balaban J connectivity index is 2.57. The minimum absolute atomic E-state index is 0.476. The van der Waals surface area contributed by atoms with Crippen molar-refractivity contribution in [3.8, 4) is 5.75 Å². The molecule has 0 aliphatic rings. The third-order valence-corrected chi connectivity index (χ3v) is 2.30. The first-order chi connectivity index (χ1) is 6.77. The molecule has 3 nitrogen and oxygen atoms in total. The van der Waals surface area contributed by atoms with Gasteiger partial charge in [0.05, 0.1) is 6.61 Å². The molecule has 0 spiro atoms. The zero-order chi connectivity index (χ0) is 10.4. The predicted molar refractivity (Wildman–Crippen MR) is 57.1 cm³/mol. The van der Waals surface area contributed by atoms with Crippen LogP contribution in [0.25, 0.3) is 0 Å². The second-order valence-electron chi connectivity index (χ2n) is 3.51. The summed E-state index contributed by atoms with van der Waals surface area (Å²) in [6.45, 7) is 5.55. The highest BCUT2D eigenvalue weighted by Gasteiger charge is 2.04. The molecule has 78 valence electrons. The van der Waals surface area contributed by atoms with Gasteiger partial charge in [0.25, 0.3) is 0 Å². The summed E-state index contributed by atoms with van der Waals surface area (Å²) in [6, 6.07) is 1.87. The lowest BCUT2D eigenvalue weighted by atomic mass is 10.1. The normalized spacial score (nSPS) is 12.5. The van der Waals surface area contributed by atoms with Crippen molar-refractivity contribution in [3.63, 3.8) is 0 Å². The fraction of sp³-hybridized carbons (Fsp3) is 0.545. The Morgan fingerprint density at radius 1 is 1.57 bits per heavy atom. The molecule has 0 saturated carbocycles. The van der Waals surface area contributed by atoms with Crippen molar-refractivity contribution in [1.82, 2.24) is 4.98 Å². The summed E-state index contributed by atoms with van der Waals surface area (Å²) in [4.78, 5) is 4.00. The van der Waals surface area contributed by atoms with Gasteiger partial charge in [-0.05, 0) is 12.0 Å². The second-order valence-corrected chi connectivity index (χ2v) is 3.51. The van der Waals surface area contributed by atoms with Gasteiger partial charge in [-0.1, -0.05) is 20.3 Å². The quantitative estimate of drug-likeness (QED) is 0.779. The number of aromatic nitrogens is 1. The van der Waals surface area contributed by atoms with E-state index in [1.54, 1.807) is 12.4 Å². The van der Waals surface area contributed by atoms with Gasteiger partial charge >= 0.3 is 0 Å². The maximum absolute atomic E-state index is 5.66. The number of rotatable bonds is 5. The monoisotopic (exact) mass is 194 g/mol. The number of hydrogen-bond acceptors (Lipinski definition) is 3. The third-order valence-electron chi connectivity index (χ3n) is 2.30. The fourth-order valence-electron chi connectivity index (χ4n) is 1.06. The maximum Gasteiger partial charge on any atom is 0.126 e. The van der Waals surface area contributed by atoms with Crippen molar-refractivity contribution in [2.24, 2.45) is 11.7 Å². The van der Waals surface area contributed by atoms with E-state index in [0.717, 1.165) is 24.3 Å². The summed E-state index contributed by atoms with van der Waals surface area (Å²) >= 11 is 0. The van der Waals surface area contributed by atoms with E-state index in [1.807, 2.05) is 6.07 Å². The second kappa shape index (κ2) is 5.60. The Kier molecular flexibility index (Phi) is 4.40. The number of ether oxygens (including phenoxy) is 1. The first-order valence-corrected chi connectivity index (χ1v) is 5.03. The van der Waals surface area contributed by atoms with Gasteiger partial charge < -0.3 is 10.5 Å². The first-order valence-electron chi connectivity index (χ1n) is 5.03. The Morgan fingerprint density at radius 3 is 3.00 bits per heavy atom. The van der Waals surface area contributed by atoms with Crippen molar-refractivity contribution in [1.29, 1.82) is 0 Å². The largest absolute Gasteiger partial charge is 0.493 e. The van der Waals surface area contributed by atoms with E-state index in [-0.39, 0.29) is 0 Å². The van der Waals surface area contributed by atoms with Crippen LogP contribution in [0.5, 0.6) is 5.75 Å². The zero-order valence-electron chi connectivity index (χ0n) is 8.86. The van der Waals surface area contributed by atoms with Crippen LogP contribution in [0.15, 0.2) is 18.5 Å². The van der Waals surface area contributed by atoms with Gasteiger partial charge in [0.2, 0.25) is 0 Å². The minimum atomic E-state index is 0.476. The number of nitrogens with two attached hydrogens (primary N) is 1. The van der Waals surface area contributed by atoms with E-state index >= 15 is 0 Å². The smallest absolute Gasteiger partial charge is 0.126 e. The molecule has 1 aromatic heterocycles. The SMILES string of the molecule is CCC(C)COc1ccncc1CN. The molecule has 0 aromatic carbocycles. The van der Waals surface area contributed by atoms with Crippen molar-refractivity contribution < 1.29 is 4.74 Å². The maximum atomic E-state index is 5.66. The van der Waals surface area contributed by atoms with Crippen molar-refractivity contribution in [2.45, 2.75) is 26.8 Å². The van der Waals surface area contributed by atoms with Gasteiger partial charge in [0.1, 0.15) is 5.75 Å². The Labute approximate surface area is 85.3 Å². The van der Waals surface area contributed by atoms with E-state index in [4.69, 9.17) is 10.5 Å². The lowest BCUT2D eigenvalue weighted by molar-refractivity contribution is 0.254. The highest BCUT2D eigenvalue weighted by molar-refractivity contribution is 5.29. The van der Waals surface area contributed by atoms with Crippen molar-refractivity contribution in [2.75, 3.05) is 6.61 Å². The Bertz CT molecular complexity index is 276. The molecule has 3 heteroatoms. The van der Waals surface area contributed by atoms with Gasteiger partial charge in [-0.3, -0.25) is 4.98 Å². The molecule has 0 fully saturated rings. The van der Waals surface area contributed by atoms with Crippen LogP contribution in [-0.2, 0) is 6.54 Å². The van der Waals surface area contributed by atoms with Crippen LogP contribution < -0.4 is 10.5 Å². The van der Waals surface area contributed by atoms with E-state index in [9.17, 15) is 0 Å². The molecular formula is C11H18N2O. The first kappa shape index (κ1) is 11.0. The summed E-state index contributed by atoms with van der Waals surface area (Å²) in [5.74, 6) is 1.44. The molecule has 1 atom stereocenters. The molecule has 1 unspecified atom stereocenters. The average molecular weight is 194 g/mol. The molecule has 14 heavy (non-hydrogen) atoms. The fourth-order valence-corrected chi connectivity index (χ4v) is 1.06. The van der Waals surface area contributed by atoms with E-state index in [1.165, 1.54) is 0 Å². The van der Waals surface area contributed by atoms with Crippen LogP contribution >= 0.6 is 0 Å². The Hall–Kier alpha value is -1.09. The van der Waals surface area contributed by atoms with Crippen LogP contribution in [-0.4, -0.2) is 11.6 Å². The van der Waals surface area contributed by atoms with E-state index < -0.39 is 0 Å². The number of nitrogens with zero attached hydrogens (tertiary/aromatic N) is 1. The van der Waals surface area contributed by atoms with Crippen molar-refractivity contribution in [3.05, 3.63) is 24.0 Å². The average Bonchev–Trinajstić information content (AvgIpc) is 2.26. The van der Waals surface area contributed by atoms with Gasteiger partial charge in [0, 0.05) is 24.5 Å². The van der Waals surface area contributed by atoms with Gasteiger partial charge in [0.15, 0.2) is 0 Å². The number of hydrogen-bond donors (Lipinski definition) is 1. The molecule has 1 aromatic rings. The highest BCUT2D eigenvalue weighted by atomic mass is 16.5. The van der Waals surface area contributed by atoms with Crippen LogP contribution in [0.1, 0.15) is 25.8 Å². The molecule has 0 aliphatic carbocycles. The summed E-state index contributed by atoms with van der Waals surface area (Å²) < 4.78 is 5.66. The molecular weight excluding hydrogens is 176 g/mol. The van der Waals surface area contributed by atoms with Crippen LogP contribution in [0, 0.1) is 5.92 Å². The molecule has 1 heterocycles. The summed E-state index contributed by atoms with van der Waals surface area (Å²) in [5, 5.41) is 0. The highest BCUT2D eigenvalue weighted by Crippen LogP contribution is 2.16. The summed E-state index contributed by atoms with van der Waals surface area (Å²) in [6.07, 6.45) is 4.61. The lowest BCUT2D eigenvalue weighted by Crippen LogP contribution is -2.09. The lowest BCUT2D eigenvalue weighted by Gasteiger charge is -2.12. The van der Waals surface area contributed by atoms with Gasteiger partial charge in [-0.2, -0.15) is 0 Å². The predicted octanol–water partition coefficient (Wildman–Crippen LogP) is 1.97. The topological polar surface area (TPSA) is 48.1 Å². The molecule has 0 aliphatic heterocycles. The summed E-state index contributed by atoms with van der Waals surface area (Å²) in [5.41, 5.74) is 6.54. The van der Waals surface area contributed by atoms with Crippen LogP contribution in [0.4, 0.5) is 0 Å². The van der Waals surface area contributed by atoms with E-state index in [2.05, 4.69) is 18.8 Å². The minimum Gasteiger partial charge on any atom is -0.493 e. The molecule has 2 N–H and O–H groups in total. The zero-order valence-corrected chi connectivity index (χ0v) is 8.86. The summed E-state index contributed by atoms with van der Waals surface area (Å²) in [7, 11) is 0. The van der Waals surface area contributed by atoms with Gasteiger partial charge in [-0.25, -0.2) is 0 Å². The van der Waals surface area contributed by atoms with Gasteiger partial charge in [-0.15, -0.1) is 0 Å². The molecule has 1 rings (SSSR count). The number of pyridine rings is 1. The Morgan fingerprint density at radius 2 is 2.36 bits per heavy atom. The third kappa shape index (κ3) is 3.00. The molecule has 0 bridgehead atoms. The van der Waals surface area contributed by atoms with Crippen molar-refractivity contribution >= 4 is 0 Å². The van der Waals surface area contributed by atoms with Crippen LogP contribution in [0.3, 0.4) is 0 Å². The standard InChI is InChI=1S/C11H18N2O/c1-3-9(2)8-14-11-4-5-13-7-10(11)6-12/h4-5,7,9H,3,6,8,12H2,1-2H3. The molecule has 0 radical (unpaired) electrons. The van der Waals surface area contributed by atoms with E-state index in [0.29, 0.717) is 12.5 Å².